The summed E-state index contributed by atoms with van der Waals surface area (Å²) in [6.07, 6.45) is 17.8. The van der Waals surface area contributed by atoms with Gasteiger partial charge in [0.15, 0.2) is 0 Å². The molecular weight excluding hydrogens is 258 g/mol. The van der Waals surface area contributed by atoms with Crippen LogP contribution in [0.3, 0.4) is 0 Å². The van der Waals surface area contributed by atoms with Crippen molar-refractivity contribution in [3.63, 3.8) is 0 Å². The minimum atomic E-state index is 0.253. The Morgan fingerprint density at radius 3 is 2.14 bits per heavy atom. The van der Waals surface area contributed by atoms with Crippen LogP contribution in [0.4, 0.5) is 0 Å². The Labute approximate surface area is 133 Å². The smallest absolute Gasteiger partial charge is 0.0753 e. The van der Waals surface area contributed by atoms with Gasteiger partial charge in [-0.3, -0.25) is 0 Å². The molecule has 0 aromatic heterocycles. The van der Waals surface area contributed by atoms with Gasteiger partial charge in [-0.05, 0) is 32.1 Å². The lowest BCUT2D eigenvalue weighted by molar-refractivity contribution is -0.0113. The van der Waals surface area contributed by atoms with Crippen molar-refractivity contribution in [2.24, 2.45) is 11.7 Å². The van der Waals surface area contributed by atoms with Gasteiger partial charge in [-0.25, -0.2) is 0 Å². The SMILES string of the molecule is CCCCCCCCCC(N)C(OCC)C1CCCCC1. The number of nitrogens with two attached hydrogens (primary N) is 1. The van der Waals surface area contributed by atoms with Crippen LogP contribution in [-0.4, -0.2) is 18.8 Å². The lowest BCUT2D eigenvalue weighted by atomic mass is 9.81. The van der Waals surface area contributed by atoms with Crippen LogP contribution in [0.5, 0.6) is 0 Å². The molecule has 2 nitrogen and oxygen atoms in total. The number of unbranched alkanes of at least 4 members (excludes halogenated alkanes) is 6. The Morgan fingerprint density at radius 1 is 0.905 bits per heavy atom. The van der Waals surface area contributed by atoms with Crippen LogP contribution >= 0.6 is 0 Å². The highest BCUT2D eigenvalue weighted by molar-refractivity contribution is 4.82. The molecule has 126 valence electrons. The molecule has 0 amide bonds. The van der Waals surface area contributed by atoms with Crippen molar-refractivity contribution < 1.29 is 4.74 Å². The first-order chi connectivity index (χ1) is 10.3. The Kier molecular flexibility index (Phi) is 11.3. The van der Waals surface area contributed by atoms with Crippen molar-refractivity contribution in [3.05, 3.63) is 0 Å². The van der Waals surface area contributed by atoms with Gasteiger partial charge in [-0.15, -0.1) is 0 Å². The fourth-order valence-electron chi connectivity index (χ4n) is 3.77. The van der Waals surface area contributed by atoms with E-state index in [1.54, 1.807) is 0 Å². The highest BCUT2D eigenvalue weighted by Crippen LogP contribution is 2.30. The second kappa shape index (κ2) is 12.5. The van der Waals surface area contributed by atoms with Crippen LogP contribution in [-0.2, 0) is 4.74 Å². The standard InChI is InChI=1S/C19H39NO/c1-3-5-6-7-8-9-13-16-18(20)19(21-4-2)17-14-11-10-12-15-17/h17-19H,3-16,20H2,1-2H3. The van der Waals surface area contributed by atoms with Gasteiger partial charge in [0.25, 0.3) is 0 Å². The average Bonchev–Trinajstić information content (AvgIpc) is 2.52. The van der Waals surface area contributed by atoms with Gasteiger partial charge in [0.2, 0.25) is 0 Å². The van der Waals surface area contributed by atoms with E-state index in [9.17, 15) is 0 Å². The van der Waals surface area contributed by atoms with E-state index in [0.29, 0.717) is 6.10 Å². The molecule has 21 heavy (non-hydrogen) atoms. The monoisotopic (exact) mass is 297 g/mol. The van der Waals surface area contributed by atoms with Crippen molar-refractivity contribution >= 4 is 0 Å². The summed E-state index contributed by atoms with van der Waals surface area (Å²) in [5, 5.41) is 0. The molecule has 0 spiro atoms. The molecule has 2 atom stereocenters. The molecular formula is C19H39NO. The molecule has 2 unspecified atom stereocenters. The second-order valence-corrected chi connectivity index (χ2v) is 6.89. The number of rotatable bonds is 12. The first kappa shape index (κ1) is 19.0. The van der Waals surface area contributed by atoms with E-state index in [2.05, 4.69) is 13.8 Å². The summed E-state index contributed by atoms with van der Waals surface area (Å²) in [5.41, 5.74) is 6.47. The first-order valence-corrected chi connectivity index (χ1v) is 9.66. The molecule has 0 radical (unpaired) electrons. The van der Waals surface area contributed by atoms with Crippen LogP contribution in [0.25, 0.3) is 0 Å². The van der Waals surface area contributed by atoms with E-state index >= 15 is 0 Å². The predicted molar refractivity (Wildman–Crippen MR) is 92.6 cm³/mol. The van der Waals surface area contributed by atoms with Crippen LogP contribution in [0, 0.1) is 5.92 Å². The predicted octanol–water partition coefficient (Wildman–Crippen LogP) is 5.44. The van der Waals surface area contributed by atoms with E-state index in [1.807, 2.05) is 0 Å². The van der Waals surface area contributed by atoms with Crippen molar-refractivity contribution in [2.45, 2.75) is 109 Å². The molecule has 1 fully saturated rings. The maximum Gasteiger partial charge on any atom is 0.0753 e. The van der Waals surface area contributed by atoms with E-state index in [1.165, 1.54) is 77.0 Å². The van der Waals surface area contributed by atoms with E-state index in [4.69, 9.17) is 10.5 Å². The van der Waals surface area contributed by atoms with Crippen molar-refractivity contribution in [1.29, 1.82) is 0 Å². The Balaban J connectivity index is 2.17. The molecule has 0 saturated heterocycles. The van der Waals surface area contributed by atoms with Gasteiger partial charge < -0.3 is 10.5 Å². The molecule has 2 N–H and O–H groups in total. The quantitative estimate of drug-likeness (QED) is 0.487. The van der Waals surface area contributed by atoms with E-state index < -0.39 is 0 Å². The Bertz CT molecular complexity index is 226. The molecule has 0 aliphatic heterocycles. The van der Waals surface area contributed by atoms with Crippen LogP contribution in [0.1, 0.15) is 97.3 Å². The highest BCUT2D eigenvalue weighted by atomic mass is 16.5. The fourth-order valence-corrected chi connectivity index (χ4v) is 3.77. The lowest BCUT2D eigenvalue weighted by Crippen LogP contribution is -2.42. The van der Waals surface area contributed by atoms with Crippen LogP contribution < -0.4 is 5.73 Å². The molecule has 0 bridgehead atoms. The summed E-state index contributed by atoms with van der Waals surface area (Å²) < 4.78 is 6.03. The zero-order chi connectivity index (χ0) is 15.3. The van der Waals surface area contributed by atoms with Gasteiger partial charge in [-0.2, -0.15) is 0 Å². The average molecular weight is 298 g/mol. The maximum absolute atomic E-state index is 6.47. The second-order valence-electron chi connectivity index (χ2n) is 6.89. The van der Waals surface area contributed by atoms with Crippen molar-refractivity contribution in [1.82, 2.24) is 0 Å². The third-order valence-corrected chi connectivity index (χ3v) is 5.04. The van der Waals surface area contributed by atoms with Crippen LogP contribution in [0.15, 0.2) is 0 Å². The zero-order valence-electron chi connectivity index (χ0n) is 14.6. The zero-order valence-corrected chi connectivity index (χ0v) is 14.6. The molecule has 1 rings (SSSR count). The summed E-state index contributed by atoms with van der Waals surface area (Å²) in [7, 11) is 0. The largest absolute Gasteiger partial charge is 0.377 e. The Morgan fingerprint density at radius 2 is 1.52 bits per heavy atom. The van der Waals surface area contributed by atoms with E-state index in [-0.39, 0.29) is 6.04 Å². The van der Waals surface area contributed by atoms with Gasteiger partial charge in [0.1, 0.15) is 0 Å². The molecule has 2 heteroatoms. The van der Waals surface area contributed by atoms with Gasteiger partial charge in [-0.1, -0.05) is 71.1 Å². The van der Waals surface area contributed by atoms with Gasteiger partial charge in [0.05, 0.1) is 6.10 Å². The summed E-state index contributed by atoms with van der Waals surface area (Å²) >= 11 is 0. The van der Waals surface area contributed by atoms with Gasteiger partial charge >= 0.3 is 0 Å². The summed E-state index contributed by atoms with van der Waals surface area (Å²) in [4.78, 5) is 0. The fraction of sp³-hybridized carbons (Fsp3) is 1.00. The summed E-state index contributed by atoms with van der Waals surface area (Å²) in [5.74, 6) is 0.721. The van der Waals surface area contributed by atoms with Gasteiger partial charge in [0, 0.05) is 12.6 Å². The number of hydrogen-bond donors (Lipinski definition) is 1. The molecule has 0 aromatic carbocycles. The molecule has 1 aliphatic rings. The van der Waals surface area contributed by atoms with Crippen LogP contribution in [0.2, 0.25) is 0 Å². The molecule has 1 saturated carbocycles. The summed E-state index contributed by atoms with van der Waals surface area (Å²) in [6.45, 7) is 5.19. The number of hydrogen-bond acceptors (Lipinski definition) is 2. The number of ether oxygens (including phenoxy) is 1. The third kappa shape index (κ3) is 8.21. The minimum Gasteiger partial charge on any atom is -0.377 e. The molecule has 1 aliphatic carbocycles. The summed E-state index contributed by atoms with van der Waals surface area (Å²) in [6, 6.07) is 0.253. The highest BCUT2D eigenvalue weighted by Gasteiger charge is 2.28. The normalized spacial score (nSPS) is 19.6. The molecule has 0 aromatic rings. The topological polar surface area (TPSA) is 35.2 Å². The van der Waals surface area contributed by atoms with Crippen molar-refractivity contribution in [2.75, 3.05) is 6.61 Å². The van der Waals surface area contributed by atoms with Crippen molar-refractivity contribution in [3.8, 4) is 0 Å². The van der Waals surface area contributed by atoms with E-state index in [0.717, 1.165) is 18.9 Å². The Hall–Kier alpha value is -0.0800. The maximum atomic E-state index is 6.47. The molecule has 0 heterocycles. The third-order valence-electron chi connectivity index (χ3n) is 5.04. The minimum absolute atomic E-state index is 0.253. The lowest BCUT2D eigenvalue weighted by Gasteiger charge is -2.34. The first-order valence-electron chi connectivity index (χ1n) is 9.66.